The van der Waals surface area contributed by atoms with Crippen LogP contribution in [0.3, 0.4) is 0 Å². The third-order valence-corrected chi connectivity index (χ3v) is 3.66. The molecule has 1 aliphatic rings. The summed E-state index contributed by atoms with van der Waals surface area (Å²) in [7, 11) is 0. The molecular weight excluding hydrogens is 218 g/mol. The van der Waals surface area contributed by atoms with Crippen LogP contribution >= 0.6 is 0 Å². The Morgan fingerprint density at radius 1 is 1.41 bits per heavy atom. The van der Waals surface area contributed by atoms with Crippen LogP contribution in [-0.4, -0.2) is 28.9 Å². The van der Waals surface area contributed by atoms with Gasteiger partial charge in [-0.15, -0.1) is 0 Å². The maximum absolute atomic E-state index is 12.0. The topological polar surface area (TPSA) is 66.4 Å². The number of rotatable bonds is 4. The van der Waals surface area contributed by atoms with Crippen molar-refractivity contribution in [2.45, 2.75) is 52.5 Å². The highest BCUT2D eigenvalue weighted by molar-refractivity contribution is 6.02. The molecule has 4 heteroatoms. The smallest absolute Gasteiger partial charge is 0.316 e. The number of carbonyl (C=O) groups is 2. The summed E-state index contributed by atoms with van der Waals surface area (Å²) in [5.41, 5.74) is -1.20. The molecule has 1 rings (SSSR count). The summed E-state index contributed by atoms with van der Waals surface area (Å²) in [6.07, 6.45) is 2.25. The van der Waals surface area contributed by atoms with Crippen LogP contribution < -0.4 is 5.32 Å². The highest BCUT2D eigenvalue weighted by Gasteiger charge is 2.38. The number of ketones is 1. The van der Waals surface area contributed by atoms with Gasteiger partial charge in [-0.2, -0.15) is 0 Å². The lowest BCUT2D eigenvalue weighted by atomic mass is 9.77. The maximum Gasteiger partial charge on any atom is 0.316 e. The molecule has 1 fully saturated rings. The fraction of sp³-hybridized carbons (Fsp3) is 0.846. The Labute approximate surface area is 103 Å². The zero-order chi connectivity index (χ0) is 13.3. The fourth-order valence-corrected chi connectivity index (χ4v) is 2.32. The molecule has 0 aliphatic carbocycles. The number of hydrogen-bond donors (Lipinski definition) is 2. The molecule has 98 valence electrons. The largest absolute Gasteiger partial charge is 0.481 e. The Kier molecular flexibility index (Phi) is 3.97. The van der Waals surface area contributed by atoms with Gasteiger partial charge in [-0.05, 0) is 53.0 Å². The normalized spacial score (nSPS) is 24.4. The quantitative estimate of drug-likeness (QED) is 0.737. The van der Waals surface area contributed by atoms with Crippen molar-refractivity contribution in [2.75, 3.05) is 6.54 Å². The van der Waals surface area contributed by atoms with Crippen LogP contribution in [0.2, 0.25) is 0 Å². The van der Waals surface area contributed by atoms with Crippen LogP contribution in [0.15, 0.2) is 0 Å². The lowest BCUT2D eigenvalue weighted by molar-refractivity contribution is -0.153. The summed E-state index contributed by atoms with van der Waals surface area (Å²) >= 11 is 0. The number of hydrogen-bond acceptors (Lipinski definition) is 3. The highest BCUT2D eigenvalue weighted by atomic mass is 16.4. The maximum atomic E-state index is 12.0. The second-order valence-corrected chi connectivity index (χ2v) is 6.23. The third kappa shape index (κ3) is 3.53. The molecule has 17 heavy (non-hydrogen) atoms. The SMILES string of the molecule is CC1(C)CC(CC(=O)C(C)(C)C(=O)O)CCN1. The average molecular weight is 241 g/mol. The molecule has 4 nitrogen and oxygen atoms in total. The van der Waals surface area contributed by atoms with Gasteiger partial charge in [0.05, 0.1) is 0 Å². The molecule has 0 aromatic heterocycles. The first-order valence-corrected chi connectivity index (χ1v) is 6.17. The van der Waals surface area contributed by atoms with Crippen LogP contribution in [0.1, 0.15) is 47.0 Å². The van der Waals surface area contributed by atoms with Crippen LogP contribution in [0, 0.1) is 11.3 Å². The highest BCUT2D eigenvalue weighted by Crippen LogP contribution is 2.30. The number of nitrogens with one attached hydrogen (secondary N) is 1. The van der Waals surface area contributed by atoms with Gasteiger partial charge in [0, 0.05) is 12.0 Å². The molecule has 0 aromatic carbocycles. The van der Waals surface area contributed by atoms with E-state index in [0.29, 0.717) is 12.3 Å². The standard InChI is InChI=1S/C13H23NO3/c1-12(2)8-9(5-6-14-12)7-10(15)13(3,4)11(16)17/h9,14H,5-8H2,1-4H3,(H,16,17). The van der Waals surface area contributed by atoms with Crippen molar-refractivity contribution in [3.8, 4) is 0 Å². The van der Waals surface area contributed by atoms with Gasteiger partial charge in [-0.1, -0.05) is 0 Å². The Balaban J connectivity index is 2.60. The summed E-state index contributed by atoms with van der Waals surface area (Å²) in [4.78, 5) is 23.0. The van der Waals surface area contributed by atoms with Gasteiger partial charge in [-0.3, -0.25) is 9.59 Å². The molecular formula is C13H23NO3. The molecule has 0 bridgehead atoms. The van der Waals surface area contributed by atoms with Crippen LogP contribution in [0.25, 0.3) is 0 Å². The number of carboxylic acid groups (broad SMARTS) is 1. The van der Waals surface area contributed by atoms with Crippen molar-refractivity contribution < 1.29 is 14.7 Å². The number of Topliss-reactive ketones (excluding diaryl/α,β-unsaturated/α-hetero) is 1. The predicted octanol–water partition coefficient (Wildman–Crippen LogP) is 1.83. The van der Waals surface area contributed by atoms with Gasteiger partial charge in [0.1, 0.15) is 11.2 Å². The van der Waals surface area contributed by atoms with E-state index in [1.54, 1.807) is 0 Å². The minimum atomic E-state index is -1.25. The molecule has 2 N–H and O–H groups in total. The molecule has 1 atom stereocenters. The minimum absolute atomic E-state index is 0.0521. The molecule has 1 aliphatic heterocycles. The Morgan fingerprint density at radius 3 is 2.47 bits per heavy atom. The minimum Gasteiger partial charge on any atom is -0.481 e. The van der Waals surface area contributed by atoms with Crippen LogP contribution in [-0.2, 0) is 9.59 Å². The van der Waals surface area contributed by atoms with E-state index in [-0.39, 0.29) is 11.3 Å². The van der Waals surface area contributed by atoms with Crippen molar-refractivity contribution in [1.29, 1.82) is 0 Å². The van der Waals surface area contributed by atoms with Gasteiger partial charge >= 0.3 is 5.97 Å². The second-order valence-electron chi connectivity index (χ2n) is 6.23. The van der Waals surface area contributed by atoms with Crippen LogP contribution in [0.4, 0.5) is 0 Å². The van der Waals surface area contributed by atoms with E-state index in [0.717, 1.165) is 19.4 Å². The first-order chi connectivity index (χ1) is 7.65. The fourth-order valence-electron chi connectivity index (χ4n) is 2.32. The van der Waals surface area contributed by atoms with Crippen molar-refractivity contribution in [2.24, 2.45) is 11.3 Å². The summed E-state index contributed by atoms with van der Waals surface area (Å²) < 4.78 is 0. The van der Waals surface area contributed by atoms with E-state index in [1.165, 1.54) is 13.8 Å². The first kappa shape index (κ1) is 14.2. The summed E-state index contributed by atoms with van der Waals surface area (Å²) in [6.45, 7) is 8.12. The Hall–Kier alpha value is -0.900. The van der Waals surface area contributed by atoms with Gasteiger partial charge in [-0.25, -0.2) is 0 Å². The molecule has 0 aromatic rings. The van der Waals surface area contributed by atoms with E-state index in [9.17, 15) is 9.59 Å². The van der Waals surface area contributed by atoms with Gasteiger partial charge in [0.2, 0.25) is 0 Å². The van der Waals surface area contributed by atoms with E-state index in [2.05, 4.69) is 19.2 Å². The van der Waals surface area contributed by atoms with E-state index in [4.69, 9.17) is 5.11 Å². The molecule has 0 saturated carbocycles. The number of aliphatic carboxylic acids is 1. The monoisotopic (exact) mass is 241 g/mol. The Morgan fingerprint density at radius 2 is 2.00 bits per heavy atom. The predicted molar refractivity (Wildman–Crippen MR) is 65.8 cm³/mol. The van der Waals surface area contributed by atoms with Crippen molar-refractivity contribution >= 4 is 11.8 Å². The molecule has 1 saturated heterocycles. The zero-order valence-electron chi connectivity index (χ0n) is 11.2. The Bertz CT molecular complexity index is 321. The van der Waals surface area contributed by atoms with E-state index >= 15 is 0 Å². The number of carboxylic acids is 1. The summed E-state index contributed by atoms with van der Waals surface area (Å²) in [5.74, 6) is -0.888. The third-order valence-electron chi connectivity index (χ3n) is 3.66. The van der Waals surface area contributed by atoms with Crippen molar-refractivity contribution in [1.82, 2.24) is 5.32 Å². The van der Waals surface area contributed by atoms with Crippen molar-refractivity contribution in [3.05, 3.63) is 0 Å². The zero-order valence-corrected chi connectivity index (χ0v) is 11.2. The van der Waals surface area contributed by atoms with Gasteiger partial charge in [0.15, 0.2) is 0 Å². The summed E-state index contributed by atoms with van der Waals surface area (Å²) in [6, 6.07) is 0. The van der Waals surface area contributed by atoms with E-state index in [1.807, 2.05) is 0 Å². The first-order valence-electron chi connectivity index (χ1n) is 6.17. The number of carbonyl (C=O) groups excluding carboxylic acids is 1. The van der Waals surface area contributed by atoms with Crippen molar-refractivity contribution in [3.63, 3.8) is 0 Å². The average Bonchev–Trinajstić information content (AvgIpc) is 2.15. The molecule has 0 radical (unpaired) electrons. The molecule has 0 amide bonds. The molecule has 1 heterocycles. The lowest BCUT2D eigenvalue weighted by Crippen LogP contribution is -2.47. The molecule has 1 unspecified atom stereocenters. The number of piperidine rings is 1. The molecule has 0 spiro atoms. The van der Waals surface area contributed by atoms with Gasteiger partial charge in [0.25, 0.3) is 0 Å². The van der Waals surface area contributed by atoms with E-state index < -0.39 is 11.4 Å². The summed E-state index contributed by atoms with van der Waals surface area (Å²) in [5, 5.41) is 12.4. The second kappa shape index (κ2) is 4.77. The lowest BCUT2D eigenvalue weighted by Gasteiger charge is -2.37. The van der Waals surface area contributed by atoms with Crippen LogP contribution in [0.5, 0.6) is 0 Å². The van der Waals surface area contributed by atoms with Gasteiger partial charge < -0.3 is 10.4 Å².